The molecular weight excluding hydrogens is 408 g/mol. The summed E-state index contributed by atoms with van der Waals surface area (Å²) in [6.07, 6.45) is 2.71. The van der Waals surface area contributed by atoms with E-state index in [0.717, 1.165) is 25.3 Å². The molecule has 1 aliphatic rings. The summed E-state index contributed by atoms with van der Waals surface area (Å²) in [5, 5.41) is 17.4. The lowest BCUT2D eigenvalue weighted by Gasteiger charge is -2.24. The second-order valence-corrected chi connectivity index (χ2v) is 7.42. The number of hydrogen-bond donors (Lipinski definition) is 3. The number of carboxylic acids is 1. The van der Waals surface area contributed by atoms with Crippen molar-refractivity contribution in [2.75, 3.05) is 13.2 Å². The van der Waals surface area contributed by atoms with E-state index in [1.165, 1.54) is 0 Å². The second-order valence-electron chi connectivity index (χ2n) is 6.98. The van der Waals surface area contributed by atoms with E-state index in [9.17, 15) is 9.90 Å². The van der Waals surface area contributed by atoms with E-state index < -0.39 is 5.97 Å². The zero-order chi connectivity index (χ0) is 22.1. The molecule has 3 rings (SSSR count). The lowest BCUT2D eigenvalue weighted by atomic mass is 10.1. The highest BCUT2D eigenvalue weighted by atomic mass is 35.5. The number of ether oxygens (including phenoxy) is 1. The van der Waals surface area contributed by atoms with Gasteiger partial charge >= 0.3 is 0 Å². The Morgan fingerprint density at radius 1 is 1.20 bits per heavy atom. The number of hydrogen-bond acceptors (Lipinski definition) is 5. The number of carboxylic acid groups (broad SMARTS) is 1. The van der Waals surface area contributed by atoms with Crippen molar-refractivity contribution in [3.05, 3.63) is 58.6 Å². The van der Waals surface area contributed by atoms with Gasteiger partial charge in [-0.25, -0.2) is 0 Å². The predicted molar refractivity (Wildman–Crippen MR) is 115 cm³/mol. The smallest absolute Gasteiger partial charge is 0.300 e. The van der Waals surface area contributed by atoms with Crippen molar-refractivity contribution in [3.8, 4) is 11.5 Å². The highest BCUT2D eigenvalue weighted by Crippen LogP contribution is 2.33. The van der Waals surface area contributed by atoms with Gasteiger partial charge in [0.15, 0.2) is 0 Å². The van der Waals surface area contributed by atoms with Gasteiger partial charge in [-0.3, -0.25) is 9.59 Å². The third-order valence-corrected chi connectivity index (χ3v) is 4.55. The molecule has 0 spiro atoms. The van der Waals surface area contributed by atoms with E-state index in [0.29, 0.717) is 42.5 Å². The van der Waals surface area contributed by atoms with Crippen molar-refractivity contribution in [1.29, 1.82) is 0 Å². The molecule has 0 aromatic heterocycles. The minimum atomic E-state index is -0.833. The maximum Gasteiger partial charge on any atom is 0.300 e. The number of benzene rings is 2. The van der Waals surface area contributed by atoms with E-state index in [-0.39, 0.29) is 17.7 Å². The Balaban J connectivity index is 0.000000735. The monoisotopic (exact) mass is 434 g/mol. The van der Waals surface area contributed by atoms with Crippen LogP contribution in [-0.2, 0) is 11.3 Å². The Hall–Kier alpha value is -2.77. The molecule has 8 heteroatoms. The molecule has 4 N–H and O–H groups in total. The third kappa shape index (κ3) is 7.57. The van der Waals surface area contributed by atoms with Gasteiger partial charge in [0.1, 0.15) is 11.5 Å². The molecule has 7 nitrogen and oxygen atoms in total. The van der Waals surface area contributed by atoms with Crippen molar-refractivity contribution in [1.82, 2.24) is 4.90 Å². The standard InChI is InChI=1S/C20H23ClN2O3.C2H4O2/c21-15-4-9-18(19(12-15)26-11-1-10-22)20(25)23(16-5-6-16)13-14-2-7-17(24)8-3-14;1-2(3)4/h2-4,7-9,12,16,24H,1,5-6,10-11,13,22H2;1H3,(H,3,4). The first-order chi connectivity index (χ1) is 14.3. The summed E-state index contributed by atoms with van der Waals surface area (Å²) in [6.45, 7) is 2.55. The number of nitrogens with zero attached hydrogens (tertiary/aromatic N) is 1. The molecule has 0 aliphatic heterocycles. The first-order valence-electron chi connectivity index (χ1n) is 9.72. The first-order valence-corrected chi connectivity index (χ1v) is 10.1. The van der Waals surface area contributed by atoms with Crippen LogP contribution in [0.25, 0.3) is 0 Å². The summed E-state index contributed by atoms with van der Waals surface area (Å²) in [5.41, 5.74) is 7.00. The molecule has 1 amide bonds. The lowest BCUT2D eigenvalue weighted by molar-refractivity contribution is -0.134. The summed E-state index contributed by atoms with van der Waals surface area (Å²) in [4.78, 5) is 24.1. The Labute approximate surface area is 181 Å². The number of rotatable bonds is 8. The van der Waals surface area contributed by atoms with Crippen LogP contribution in [0.5, 0.6) is 11.5 Å². The topological polar surface area (TPSA) is 113 Å². The fraction of sp³-hybridized carbons (Fsp3) is 0.364. The number of phenols is 1. The van der Waals surface area contributed by atoms with E-state index in [1.807, 2.05) is 17.0 Å². The normalized spacial score (nSPS) is 12.5. The van der Waals surface area contributed by atoms with Gasteiger partial charge in [0.2, 0.25) is 0 Å². The molecule has 0 heterocycles. The van der Waals surface area contributed by atoms with Crippen molar-refractivity contribution in [2.45, 2.75) is 38.8 Å². The van der Waals surface area contributed by atoms with E-state index in [4.69, 9.17) is 32.0 Å². The van der Waals surface area contributed by atoms with Crippen molar-refractivity contribution < 1.29 is 24.5 Å². The van der Waals surface area contributed by atoms with Crippen LogP contribution in [0.3, 0.4) is 0 Å². The minimum absolute atomic E-state index is 0.0695. The van der Waals surface area contributed by atoms with Crippen LogP contribution in [0.4, 0.5) is 0 Å². The van der Waals surface area contributed by atoms with Gasteiger partial charge < -0.3 is 25.6 Å². The lowest BCUT2D eigenvalue weighted by Crippen LogP contribution is -2.33. The fourth-order valence-corrected chi connectivity index (χ4v) is 2.93. The minimum Gasteiger partial charge on any atom is -0.508 e. The zero-order valence-corrected chi connectivity index (χ0v) is 17.6. The largest absolute Gasteiger partial charge is 0.508 e. The Kier molecular flexibility index (Phi) is 8.95. The molecule has 2 aromatic rings. The number of aliphatic carboxylic acids is 1. The first kappa shape index (κ1) is 23.5. The molecule has 0 saturated heterocycles. The van der Waals surface area contributed by atoms with Gasteiger partial charge in [-0.05, 0) is 61.7 Å². The van der Waals surface area contributed by atoms with Crippen LogP contribution in [0.15, 0.2) is 42.5 Å². The van der Waals surface area contributed by atoms with E-state index >= 15 is 0 Å². The van der Waals surface area contributed by atoms with Crippen LogP contribution in [0.2, 0.25) is 5.02 Å². The maximum atomic E-state index is 13.2. The van der Waals surface area contributed by atoms with Crippen LogP contribution in [0, 0.1) is 0 Å². The van der Waals surface area contributed by atoms with Gasteiger partial charge in [0.25, 0.3) is 11.9 Å². The van der Waals surface area contributed by atoms with E-state index in [2.05, 4.69) is 0 Å². The molecule has 0 bridgehead atoms. The molecule has 0 unspecified atom stereocenters. The van der Waals surface area contributed by atoms with Crippen molar-refractivity contribution >= 4 is 23.5 Å². The average molecular weight is 435 g/mol. The van der Waals surface area contributed by atoms with Crippen LogP contribution >= 0.6 is 11.6 Å². The van der Waals surface area contributed by atoms with Gasteiger partial charge in [-0.15, -0.1) is 0 Å². The second kappa shape index (κ2) is 11.4. The Morgan fingerprint density at radius 3 is 2.40 bits per heavy atom. The number of aromatic hydroxyl groups is 1. The van der Waals surface area contributed by atoms with Gasteiger partial charge in [0.05, 0.1) is 12.2 Å². The Morgan fingerprint density at radius 2 is 1.83 bits per heavy atom. The number of carbonyl (C=O) groups is 2. The number of nitrogens with two attached hydrogens (primary N) is 1. The van der Waals surface area contributed by atoms with Gasteiger partial charge in [-0.2, -0.15) is 0 Å². The highest BCUT2D eigenvalue weighted by molar-refractivity contribution is 6.30. The van der Waals surface area contributed by atoms with Crippen LogP contribution in [0.1, 0.15) is 42.1 Å². The number of halogens is 1. The number of amides is 1. The summed E-state index contributed by atoms with van der Waals surface area (Å²) in [7, 11) is 0. The molecule has 1 saturated carbocycles. The van der Waals surface area contributed by atoms with Crippen molar-refractivity contribution in [3.63, 3.8) is 0 Å². The summed E-state index contributed by atoms with van der Waals surface area (Å²) in [6, 6.07) is 12.3. The molecule has 162 valence electrons. The zero-order valence-electron chi connectivity index (χ0n) is 16.9. The van der Waals surface area contributed by atoms with Crippen molar-refractivity contribution in [2.24, 2.45) is 5.73 Å². The molecule has 0 atom stereocenters. The van der Waals surface area contributed by atoms with Gasteiger partial charge in [0, 0.05) is 24.5 Å². The number of phenolic OH excluding ortho intramolecular Hbond substituents is 1. The highest BCUT2D eigenvalue weighted by Gasteiger charge is 2.34. The van der Waals surface area contributed by atoms with E-state index in [1.54, 1.807) is 30.3 Å². The molecular formula is C22H27ClN2O5. The SMILES string of the molecule is CC(=O)O.NCCCOc1cc(Cl)ccc1C(=O)N(Cc1ccc(O)cc1)C1CC1. The fourth-order valence-electron chi connectivity index (χ4n) is 2.76. The summed E-state index contributed by atoms with van der Waals surface area (Å²) < 4.78 is 5.75. The van der Waals surface area contributed by atoms with Crippen LogP contribution < -0.4 is 10.5 Å². The molecule has 2 aromatic carbocycles. The average Bonchev–Trinajstić information content (AvgIpc) is 3.52. The molecule has 1 aliphatic carbocycles. The molecule has 1 fully saturated rings. The molecule has 30 heavy (non-hydrogen) atoms. The summed E-state index contributed by atoms with van der Waals surface area (Å²) in [5.74, 6) is -0.196. The van der Waals surface area contributed by atoms with Crippen LogP contribution in [-0.4, -0.2) is 46.2 Å². The predicted octanol–water partition coefficient (Wildman–Crippen LogP) is 3.67. The molecule has 0 radical (unpaired) electrons. The third-order valence-electron chi connectivity index (χ3n) is 4.32. The number of carbonyl (C=O) groups excluding carboxylic acids is 1. The Bertz CT molecular complexity index is 849. The summed E-state index contributed by atoms with van der Waals surface area (Å²) >= 11 is 6.08. The van der Waals surface area contributed by atoms with Gasteiger partial charge in [-0.1, -0.05) is 23.7 Å². The maximum absolute atomic E-state index is 13.2. The quantitative estimate of drug-likeness (QED) is 0.546.